The van der Waals surface area contributed by atoms with Crippen LogP contribution in [-0.4, -0.2) is 53.6 Å². The Bertz CT molecular complexity index is 479. The van der Waals surface area contributed by atoms with E-state index in [4.69, 9.17) is 4.74 Å². The molecule has 1 fully saturated rings. The molecule has 0 spiro atoms. The van der Waals surface area contributed by atoms with E-state index in [9.17, 15) is 4.79 Å². The second kappa shape index (κ2) is 9.18. The molecule has 0 radical (unpaired) electrons. The van der Waals surface area contributed by atoms with Gasteiger partial charge in [0.05, 0.1) is 0 Å². The predicted molar refractivity (Wildman–Crippen MR) is 92.1 cm³/mol. The highest BCUT2D eigenvalue weighted by molar-refractivity contribution is 5.85. The lowest BCUT2D eigenvalue weighted by atomic mass is 10.2. The highest BCUT2D eigenvalue weighted by atomic mass is 35.5. The molecule has 0 aromatic carbocycles. The van der Waals surface area contributed by atoms with Gasteiger partial charge in [0.25, 0.3) is 0 Å². The molecular weight excluding hydrogens is 325 g/mol. The van der Waals surface area contributed by atoms with Crippen molar-refractivity contribution < 1.29 is 9.53 Å². The number of ether oxygens (including phenoxy) is 1. The summed E-state index contributed by atoms with van der Waals surface area (Å²) in [6, 6.07) is 4.10. The highest BCUT2D eigenvalue weighted by Crippen LogP contribution is 2.12. The van der Waals surface area contributed by atoms with Crippen LogP contribution in [-0.2, 0) is 11.3 Å². The monoisotopic (exact) mass is 349 g/mol. The van der Waals surface area contributed by atoms with E-state index < -0.39 is 0 Å². The molecule has 1 aromatic rings. The molecule has 2 heterocycles. The summed E-state index contributed by atoms with van der Waals surface area (Å²) in [5.41, 5.74) is 2.89. The second-order valence-electron chi connectivity index (χ2n) is 5.62. The molecule has 1 aliphatic heterocycles. The van der Waals surface area contributed by atoms with Crippen LogP contribution in [0.2, 0.25) is 0 Å². The summed E-state index contributed by atoms with van der Waals surface area (Å²) in [4.78, 5) is 20.5. The van der Waals surface area contributed by atoms with Crippen LogP contribution in [0.4, 0.5) is 4.79 Å². The molecule has 0 N–H and O–H groups in total. The van der Waals surface area contributed by atoms with Crippen LogP contribution in [0, 0.1) is 13.8 Å². The lowest BCUT2D eigenvalue weighted by Crippen LogP contribution is -2.52. The Hall–Kier alpha value is -1.04. The second-order valence-corrected chi connectivity index (χ2v) is 5.62. The van der Waals surface area contributed by atoms with Crippen LogP contribution in [0.5, 0.6) is 0 Å². The molecule has 0 aliphatic carbocycles. The number of aryl methyl sites for hydroxylation is 2. The Balaban J connectivity index is 0.00000220. The molecular formula is C15H25Cl2N3O2. The zero-order valence-electron chi connectivity index (χ0n) is 13.5. The predicted octanol–water partition coefficient (Wildman–Crippen LogP) is 2.81. The molecule has 22 heavy (non-hydrogen) atoms. The summed E-state index contributed by atoms with van der Waals surface area (Å²) in [5, 5.41) is 0. The first-order valence-electron chi connectivity index (χ1n) is 7.02. The van der Waals surface area contributed by atoms with Crippen molar-refractivity contribution in [1.29, 1.82) is 0 Å². The van der Waals surface area contributed by atoms with Gasteiger partial charge in [-0.1, -0.05) is 0 Å². The van der Waals surface area contributed by atoms with Gasteiger partial charge < -0.3 is 14.5 Å². The maximum Gasteiger partial charge on any atom is 0.410 e. The fourth-order valence-electron chi connectivity index (χ4n) is 2.64. The smallest absolute Gasteiger partial charge is 0.410 e. The van der Waals surface area contributed by atoms with Crippen LogP contribution in [0.3, 0.4) is 0 Å². The average molecular weight is 350 g/mol. The quantitative estimate of drug-likeness (QED) is 0.823. The number of amides is 1. The number of nitrogens with zero attached hydrogens (tertiary/aromatic N) is 3. The van der Waals surface area contributed by atoms with Crippen molar-refractivity contribution in [2.75, 3.05) is 26.7 Å². The average Bonchev–Trinajstić information content (AvgIpc) is 2.35. The van der Waals surface area contributed by atoms with Gasteiger partial charge in [-0.05, 0) is 45.5 Å². The van der Waals surface area contributed by atoms with Crippen molar-refractivity contribution in [2.45, 2.75) is 33.4 Å². The van der Waals surface area contributed by atoms with E-state index in [0.29, 0.717) is 6.61 Å². The topological polar surface area (TPSA) is 45.7 Å². The van der Waals surface area contributed by atoms with E-state index in [1.165, 1.54) is 0 Å². The number of carbonyl (C=O) groups excluding carboxylic acids is 1. The molecule has 0 saturated carbocycles. The van der Waals surface area contributed by atoms with Crippen LogP contribution in [0.25, 0.3) is 0 Å². The van der Waals surface area contributed by atoms with E-state index in [2.05, 4.69) is 23.9 Å². The number of pyridine rings is 1. The number of rotatable bonds is 2. The van der Waals surface area contributed by atoms with E-state index in [1.54, 1.807) is 4.90 Å². The maximum absolute atomic E-state index is 12.1. The first-order chi connectivity index (χ1) is 9.45. The van der Waals surface area contributed by atoms with Crippen molar-refractivity contribution in [3.63, 3.8) is 0 Å². The normalized spacial score (nSPS) is 18.2. The number of piperazine rings is 1. The molecule has 5 nitrogen and oxygen atoms in total. The number of halogens is 2. The van der Waals surface area contributed by atoms with Gasteiger partial charge in [-0.2, -0.15) is 0 Å². The molecule has 126 valence electrons. The molecule has 0 unspecified atom stereocenters. The molecule has 1 aromatic heterocycles. The van der Waals surface area contributed by atoms with Crippen LogP contribution in [0.1, 0.15) is 23.9 Å². The summed E-state index contributed by atoms with van der Waals surface area (Å²) in [6.45, 7) is 8.77. The van der Waals surface area contributed by atoms with E-state index in [-0.39, 0.29) is 36.9 Å². The minimum Gasteiger partial charge on any atom is -0.445 e. The number of likely N-dealkylation sites (N-methyl/N-ethyl adjacent to an activating group) is 1. The zero-order chi connectivity index (χ0) is 14.7. The van der Waals surface area contributed by atoms with Crippen LogP contribution < -0.4 is 0 Å². The molecule has 1 aliphatic rings. The standard InChI is InChI=1S/C15H23N3O2.2ClH/c1-11-7-14(8-12(2)16-11)10-20-15(19)18-6-5-17(4)9-13(18)3;;/h7-8,13H,5-6,9-10H2,1-4H3;2*1H/t13-;;/m0../s1. The SMILES string of the molecule is Cc1cc(COC(=O)N2CCN(C)C[C@@H]2C)cc(C)n1.Cl.Cl. The molecule has 1 saturated heterocycles. The van der Waals surface area contributed by atoms with Gasteiger partial charge in [0.2, 0.25) is 0 Å². The number of hydrogen-bond acceptors (Lipinski definition) is 4. The molecule has 7 heteroatoms. The van der Waals surface area contributed by atoms with Gasteiger partial charge in [0.1, 0.15) is 6.61 Å². The van der Waals surface area contributed by atoms with Crippen LogP contribution in [0.15, 0.2) is 12.1 Å². The van der Waals surface area contributed by atoms with Crippen LogP contribution >= 0.6 is 24.8 Å². The summed E-state index contributed by atoms with van der Waals surface area (Å²) in [7, 11) is 2.07. The lowest BCUT2D eigenvalue weighted by Gasteiger charge is -2.37. The van der Waals surface area contributed by atoms with Gasteiger partial charge in [0.15, 0.2) is 0 Å². The number of aromatic nitrogens is 1. The van der Waals surface area contributed by atoms with Gasteiger partial charge >= 0.3 is 6.09 Å². The summed E-state index contributed by atoms with van der Waals surface area (Å²) < 4.78 is 5.42. The van der Waals surface area contributed by atoms with Crippen molar-refractivity contribution >= 4 is 30.9 Å². The minimum absolute atomic E-state index is 0. The van der Waals surface area contributed by atoms with Gasteiger partial charge in [0, 0.05) is 37.1 Å². The highest BCUT2D eigenvalue weighted by Gasteiger charge is 2.26. The Morgan fingerprint density at radius 2 is 1.86 bits per heavy atom. The summed E-state index contributed by atoms with van der Waals surface area (Å²) in [5.74, 6) is 0. The lowest BCUT2D eigenvalue weighted by molar-refractivity contribution is 0.0545. The van der Waals surface area contributed by atoms with E-state index in [1.807, 2.05) is 26.0 Å². The molecule has 1 amide bonds. The third-order valence-corrected chi connectivity index (χ3v) is 3.57. The van der Waals surface area contributed by atoms with E-state index >= 15 is 0 Å². The number of carbonyl (C=O) groups is 1. The summed E-state index contributed by atoms with van der Waals surface area (Å²) >= 11 is 0. The first-order valence-corrected chi connectivity index (χ1v) is 7.02. The number of hydrogen-bond donors (Lipinski definition) is 0. The Morgan fingerprint density at radius 1 is 1.27 bits per heavy atom. The Labute approximate surface area is 144 Å². The molecule has 0 bridgehead atoms. The maximum atomic E-state index is 12.1. The van der Waals surface area contributed by atoms with Crippen molar-refractivity contribution in [3.05, 3.63) is 29.1 Å². The van der Waals surface area contributed by atoms with Crippen molar-refractivity contribution in [1.82, 2.24) is 14.8 Å². The third kappa shape index (κ3) is 5.63. The molecule has 2 rings (SSSR count). The zero-order valence-corrected chi connectivity index (χ0v) is 15.2. The van der Waals surface area contributed by atoms with Gasteiger partial charge in [-0.15, -0.1) is 24.8 Å². The van der Waals surface area contributed by atoms with Gasteiger partial charge in [-0.3, -0.25) is 4.98 Å². The Morgan fingerprint density at radius 3 is 2.41 bits per heavy atom. The largest absolute Gasteiger partial charge is 0.445 e. The van der Waals surface area contributed by atoms with Crippen molar-refractivity contribution in [3.8, 4) is 0 Å². The molecule has 1 atom stereocenters. The first kappa shape index (κ1) is 21.0. The fourth-order valence-corrected chi connectivity index (χ4v) is 2.64. The third-order valence-electron chi connectivity index (χ3n) is 3.57. The Kier molecular flexibility index (Phi) is 8.74. The summed E-state index contributed by atoms with van der Waals surface area (Å²) in [6.07, 6.45) is -0.224. The van der Waals surface area contributed by atoms with Gasteiger partial charge in [-0.25, -0.2) is 4.79 Å². The van der Waals surface area contributed by atoms with Crippen molar-refractivity contribution in [2.24, 2.45) is 0 Å². The minimum atomic E-state index is -0.224. The fraction of sp³-hybridized carbons (Fsp3) is 0.600. The van der Waals surface area contributed by atoms with E-state index in [0.717, 1.165) is 36.6 Å².